The topological polar surface area (TPSA) is 70.2 Å². The average Bonchev–Trinajstić information content (AvgIpc) is 2.54. The van der Waals surface area contributed by atoms with Crippen LogP contribution in [0.15, 0.2) is 36.7 Å². The van der Waals surface area contributed by atoms with E-state index in [1.54, 1.807) is 24.3 Å². The van der Waals surface area contributed by atoms with Gasteiger partial charge in [-0.3, -0.25) is 4.79 Å². The molecule has 0 aliphatic carbocycles. The molecule has 1 aromatic heterocycles. The molecular weight excluding hydrogens is 314 g/mol. The summed E-state index contributed by atoms with van der Waals surface area (Å²) in [5.41, 5.74) is 1.07. The van der Waals surface area contributed by atoms with Gasteiger partial charge in [0.25, 0.3) is 5.91 Å². The number of carbonyl (C=O) groups excluding carboxylic acids is 1. The van der Waals surface area contributed by atoms with E-state index in [4.69, 9.17) is 11.6 Å². The van der Waals surface area contributed by atoms with E-state index in [2.05, 4.69) is 25.5 Å². The van der Waals surface area contributed by atoms with Gasteiger partial charge < -0.3 is 15.5 Å². The van der Waals surface area contributed by atoms with Gasteiger partial charge in [0, 0.05) is 29.6 Å². The van der Waals surface area contributed by atoms with Gasteiger partial charge in [-0.2, -0.15) is 0 Å². The Morgan fingerprint density at radius 1 is 1.17 bits per heavy atom. The van der Waals surface area contributed by atoms with Crippen molar-refractivity contribution in [2.24, 2.45) is 0 Å². The zero-order chi connectivity index (χ0) is 16.7. The Balaban J connectivity index is 1.86. The molecule has 0 bridgehead atoms. The van der Waals surface area contributed by atoms with Crippen LogP contribution in [0, 0.1) is 0 Å². The number of hydrogen-bond donors (Lipinski definition) is 2. The van der Waals surface area contributed by atoms with Crippen LogP contribution < -0.4 is 10.6 Å². The van der Waals surface area contributed by atoms with Gasteiger partial charge in [-0.1, -0.05) is 11.6 Å². The molecule has 2 aromatic rings. The number of aromatic nitrogens is 2. The first-order valence-electron chi connectivity index (χ1n) is 7.32. The van der Waals surface area contributed by atoms with Gasteiger partial charge in [0.2, 0.25) is 5.95 Å². The second kappa shape index (κ2) is 8.45. The van der Waals surface area contributed by atoms with Crippen molar-refractivity contribution in [2.45, 2.75) is 6.42 Å². The summed E-state index contributed by atoms with van der Waals surface area (Å²) in [6.45, 7) is 1.78. The molecule has 0 aliphatic heterocycles. The van der Waals surface area contributed by atoms with E-state index >= 15 is 0 Å². The number of hydrogen-bond acceptors (Lipinski definition) is 5. The number of rotatable bonds is 7. The highest BCUT2D eigenvalue weighted by Gasteiger charge is 2.07. The molecule has 0 atom stereocenters. The Labute approximate surface area is 140 Å². The zero-order valence-electron chi connectivity index (χ0n) is 13.2. The van der Waals surface area contributed by atoms with E-state index in [9.17, 15) is 4.79 Å². The van der Waals surface area contributed by atoms with Crippen molar-refractivity contribution in [3.05, 3.63) is 47.2 Å². The summed E-state index contributed by atoms with van der Waals surface area (Å²) in [5, 5.41) is 6.51. The molecule has 0 unspecified atom stereocenters. The fraction of sp³-hybridized carbons (Fsp3) is 0.312. The third-order valence-corrected chi connectivity index (χ3v) is 3.33. The fourth-order valence-electron chi connectivity index (χ4n) is 1.87. The first kappa shape index (κ1) is 17.2. The van der Waals surface area contributed by atoms with Crippen molar-refractivity contribution >= 4 is 29.1 Å². The minimum atomic E-state index is -0.258. The van der Waals surface area contributed by atoms with Gasteiger partial charge >= 0.3 is 0 Å². The largest absolute Gasteiger partial charge is 0.354 e. The normalized spacial score (nSPS) is 10.6. The summed E-state index contributed by atoms with van der Waals surface area (Å²) in [6, 6.07) is 6.91. The molecule has 23 heavy (non-hydrogen) atoms. The molecule has 1 heterocycles. The molecule has 0 spiro atoms. The Kier molecular flexibility index (Phi) is 6.31. The van der Waals surface area contributed by atoms with Gasteiger partial charge in [-0.05, 0) is 51.3 Å². The first-order valence-corrected chi connectivity index (χ1v) is 7.70. The number of amides is 1. The van der Waals surface area contributed by atoms with Crippen LogP contribution in [-0.4, -0.2) is 48.0 Å². The second-order valence-electron chi connectivity index (χ2n) is 5.34. The summed E-state index contributed by atoms with van der Waals surface area (Å²) in [6.07, 6.45) is 4.01. The van der Waals surface area contributed by atoms with Crippen molar-refractivity contribution in [3.8, 4) is 0 Å². The number of nitrogens with one attached hydrogen (secondary N) is 2. The van der Waals surface area contributed by atoms with Crippen molar-refractivity contribution < 1.29 is 4.79 Å². The van der Waals surface area contributed by atoms with Crippen LogP contribution in [0.5, 0.6) is 0 Å². The molecule has 2 rings (SSSR count). The molecule has 1 aromatic carbocycles. The molecule has 0 saturated carbocycles. The molecule has 1 amide bonds. The monoisotopic (exact) mass is 333 g/mol. The predicted molar refractivity (Wildman–Crippen MR) is 93.1 cm³/mol. The molecule has 6 nitrogen and oxygen atoms in total. The quantitative estimate of drug-likeness (QED) is 0.762. The molecule has 7 heteroatoms. The number of benzene rings is 1. The lowest BCUT2D eigenvalue weighted by Gasteiger charge is -2.10. The van der Waals surface area contributed by atoms with Crippen molar-refractivity contribution in [1.29, 1.82) is 0 Å². The Bertz CT molecular complexity index is 628. The molecule has 0 radical (unpaired) electrons. The highest BCUT2D eigenvalue weighted by atomic mass is 35.5. The maximum atomic E-state index is 12.1. The SMILES string of the molecule is CN(C)CCCNc1ncc(C(=O)Nc2ccc(Cl)cc2)cn1. The van der Waals surface area contributed by atoms with Crippen molar-refractivity contribution in [1.82, 2.24) is 14.9 Å². The Morgan fingerprint density at radius 2 is 1.83 bits per heavy atom. The van der Waals surface area contributed by atoms with Crippen LogP contribution in [0.4, 0.5) is 11.6 Å². The summed E-state index contributed by atoms with van der Waals surface area (Å²) >= 11 is 5.81. The third-order valence-electron chi connectivity index (χ3n) is 3.08. The molecule has 0 saturated heterocycles. The Hall–Kier alpha value is -2.18. The highest BCUT2D eigenvalue weighted by Crippen LogP contribution is 2.14. The lowest BCUT2D eigenvalue weighted by molar-refractivity contribution is 0.102. The van der Waals surface area contributed by atoms with Crippen LogP contribution in [0.25, 0.3) is 0 Å². The van der Waals surface area contributed by atoms with Gasteiger partial charge in [-0.25, -0.2) is 9.97 Å². The number of halogens is 1. The lowest BCUT2D eigenvalue weighted by atomic mass is 10.3. The standard InChI is InChI=1S/C16H20ClN5O/c1-22(2)9-3-8-18-16-19-10-12(11-20-16)15(23)21-14-6-4-13(17)5-7-14/h4-7,10-11H,3,8-9H2,1-2H3,(H,21,23)(H,18,19,20). The lowest BCUT2D eigenvalue weighted by Crippen LogP contribution is -2.17. The predicted octanol–water partition coefficient (Wildman–Crippen LogP) is 2.75. The number of anilines is 2. The maximum Gasteiger partial charge on any atom is 0.258 e. The number of carbonyl (C=O) groups is 1. The van der Waals surface area contributed by atoms with Crippen molar-refractivity contribution in [3.63, 3.8) is 0 Å². The maximum absolute atomic E-state index is 12.1. The van der Waals surface area contributed by atoms with E-state index in [-0.39, 0.29) is 5.91 Å². The smallest absolute Gasteiger partial charge is 0.258 e. The van der Waals surface area contributed by atoms with E-state index in [0.717, 1.165) is 19.5 Å². The van der Waals surface area contributed by atoms with E-state index in [1.165, 1.54) is 12.4 Å². The first-order chi connectivity index (χ1) is 11.0. The minimum Gasteiger partial charge on any atom is -0.354 e. The molecule has 0 aliphatic rings. The van der Waals surface area contributed by atoms with Crippen LogP contribution >= 0.6 is 11.6 Å². The van der Waals surface area contributed by atoms with Gasteiger partial charge in [0.15, 0.2) is 0 Å². The fourth-order valence-corrected chi connectivity index (χ4v) is 1.99. The summed E-state index contributed by atoms with van der Waals surface area (Å²) < 4.78 is 0. The van der Waals surface area contributed by atoms with Gasteiger partial charge in [0.05, 0.1) is 5.56 Å². The molecular formula is C16H20ClN5O. The van der Waals surface area contributed by atoms with E-state index < -0.39 is 0 Å². The van der Waals surface area contributed by atoms with Gasteiger partial charge in [0.1, 0.15) is 0 Å². The van der Waals surface area contributed by atoms with Crippen molar-refractivity contribution in [2.75, 3.05) is 37.8 Å². The summed E-state index contributed by atoms with van der Waals surface area (Å²) in [4.78, 5) is 22.5. The van der Waals surface area contributed by atoms with Crippen LogP contribution in [0.2, 0.25) is 5.02 Å². The Morgan fingerprint density at radius 3 is 2.43 bits per heavy atom. The molecule has 122 valence electrons. The molecule has 2 N–H and O–H groups in total. The van der Waals surface area contributed by atoms with E-state index in [0.29, 0.717) is 22.2 Å². The van der Waals surface area contributed by atoms with Gasteiger partial charge in [-0.15, -0.1) is 0 Å². The minimum absolute atomic E-state index is 0.258. The molecule has 0 fully saturated rings. The van der Waals surface area contributed by atoms with Crippen LogP contribution in [0.3, 0.4) is 0 Å². The zero-order valence-corrected chi connectivity index (χ0v) is 14.0. The third kappa shape index (κ3) is 5.84. The average molecular weight is 334 g/mol. The highest BCUT2D eigenvalue weighted by molar-refractivity contribution is 6.30. The van der Waals surface area contributed by atoms with Crippen LogP contribution in [-0.2, 0) is 0 Å². The summed E-state index contributed by atoms with van der Waals surface area (Å²) in [7, 11) is 4.06. The number of nitrogens with zero attached hydrogens (tertiary/aromatic N) is 3. The van der Waals surface area contributed by atoms with Crippen LogP contribution in [0.1, 0.15) is 16.8 Å². The summed E-state index contributed by atoms with van der Waals surface area (Å²) in [5.74, 6) is 0.262. The second-order valence-corrected chi connectivity index (χ2v) is 5.78. The van der Waals surface area contributed by atoms with E-state index in [1.807, 2.05) is 14.1 Å².